The summed E-state index contributed by atoms with van der Waals surface area (Å²) in [5, 5.41) is 8.92. The number of ether oxygens (including phenoxy) is 2. The third-order valence-corrected chi connectivity index (χ3v) is 5.58. The van der Waals surface area contributed by atoms with Gasteiger partial charge in [-0.3, -0.25) is 4.79 Å². The van der Waals surface area contributed by atoms with Crippen LogP contribution in [-0.2, 0) is 20.4 Å². The smallest absolute Gasteiger partial charge is 0.416 e. The molecule has 0 spiro atoms. The molecule has 0 aromatic heterocycles. The van der Waals surface area contributed by atoms with Crippen LogP contribution in [-0.4, -0.2) is 73.5 Å². The number of hydrogen-bond acceptors (Lipinski definition) is 5. The summed E-state index contributed by atoms with van der Waals surface area (Å²) in [7, 11) is 2.00. The van der Waals surface area contributed by atoms with Crippen LogP contribution in [0.25, 0.3) is 0 Å². The normalized spacial score (nSPS) is 22.7. The Labute approximate surface area is 180 Å². The van der Waals surface area contributed by atoms with Crippen molar-refractivity contribution >= 4 is 5.91 Å². The predicted octanol–water partition coefficient (Wildman–Crippen LogP) is 2.98. The van der Waals surface area contributed by atoms with Crippen LogP contribution in [0.4, 0.5) is 13.2 Å². The highest BCUT2D eigenvalue weighted by molar-refractivity contribution is 5.91. The molecule has 2 heterocycles. The van der Waals surface area contributed by atoms with E-state index in [1.165, 1.54) is 12.1 Å². The SMILES string of the molecule is CN1CCN(C(=O)C2=C[C@H](c3ccc(C(F)(F)F)cc3)C[C@H](OCCCCO)O2)CC1. The zero-order valence-corrected chi connectivity index (χ0v) is 17.6. The number of halogens is 3. The molecule has 9 heteroatoms. The van der Waals surface area contributed by atoms with E-state index in [2.05, 4.69) is 4.90 Å². The molecule has 1 N–H and O–H groups in total. The standard InChI is InChI=1S/C22H29F3N2O4/c1-26-8-10-27(11-9-26)21(29)19-14-17(15-20(31-19)30-13-3-2-12-28)16-4-6-18(7-5-16)22(23,24)25/h4-7,14,17,20,28H,2-3,8-13,15H2,1H3/t17-,20+/m0/s1. The van der Waals surface area contributed by atoms with E-state index in [1.54, 1.807) is 11.0 Å². The number of piperazine rings is 1. The van der Waals surface area contributed by atoms with Gasteiger partial charge < -0.3 is 24.4 Å². The Bertz CT molecular complexity index is 759. The second kappa shape index (κ2) is 10.5. The van der Waals surface area contributed by atoms with Crippen LogP contribution in [0.15, 0.2) is 36.1 Å². The number of allylic oxidation sites excluding steroid dienone is 1. The van der Waals surface area contributed by atoms with Crippen molar-refractivity contribution in [1.29, 1.82) is 0 Å². The van der Waals surface area contributed by atoms with Crippen LogP contribution in [0.3, 0.4) is 0 Å². The number of alkyl halides is 3. The van der Waals surface area contributed by atoms with Gasteiger partial charge in [-0.15, -0.1) is 0 Å². The first-order chi connectivity index (χ1) is 14.8. The van der Waals surface area contributed by atoms with Crippen molar-refractivity contribution < 1.29 is 32.5 Å². The number of hydrogen-bond donors (Lipinski definition) is 1. The number of nitrogens with zero attached hydrogens (tertiary/aromatic N) is 2. The molecule has 0 aliphatic carbocycles. The molecular formula is C22H29F3N2O4. The molecule has 31 heavy (non-hydrogen) atoms. The van der Waals surface area contributed by atoms with E-state index in [9.17, 15) is 18.0 Å². The highest BCUT2D eigenvalue weighted by Gasteiger charge is 2.33. The quantitative estimate of drug-likeness (QED) is 0.658. The van der Waals surface area contributed by atoms with Crippen LogP contribution in [0.2, 0.25) is 0 Å². The van der Waals surface area contributed by atoms with Gasteiger partial charge in [-0.05, 0) is 43.7 Å². The summed E-state index contributed by atoms with van der Waals surface area (Å²) in [6, 6.07) is 4.99. The van der Waals surface area contributed by atoms with E-state index in [-0.39, 0.29) is 24.2 Å². The van der Waals surface area contributed by atoms with Crippen molar-refractivity contribution in [2.75, 3.05) is 46.4 Å². The van der Waals surface area contributed by atoms with Crippen LogP contribution < -0.4 is 0 Å². The number of likely N-dealkylation sites (N-methyl/N-ethyl adjacent to an activating group) is 1. The van der Waals surface area contributed by atoms with E-state index >= 15 is 0 Å². The summed E-state index contributed by atoms with van der Waals surface area (Å²) in [4.78, 5) is 16.9. The van der Waals surface area contributed by atoms with Gasteiger partial charge in [-0.1, -0.05) is 12.1 Å². The highest BCUT2D eigenvalue weighted by Crippen LogP contribution is 2.35. The maximum absolute atomic E-state index is 13.0. The first-order valence-corrected chi connectivity index (χ1v) is 10.5. The lowest BCUT2D eigenvalue weighted by molar-refractivity contribution is -0.153. The Hall–Kier alpha value is -2.10. The third-order valence-electron chi connectivity index (χ3n) is 5.58. The average Bonchev–Trinajstić information content (AvgIpc) is 2.76. The number of rotatable bonds is 7. The number of benzene rings is 1. The molecule has 1 aromatic carbocycles. The third kappa shape index (κ3) is 6.44. The molecule has 0 bridgehead atoms. The number of aliphatic hydroxyl groups is 1. The molecule has 3 rings (SSSR count). The van der Waals surface area contributed by atoms with E-state index in [0.29, 0.717) is 44.5 Å². The molecular weight excluding hydrogens is 413 g/mol. The predicted molar refractivity (Wildman–Crippen MR) is 108 cm³/mol. The zero-order valence-electron chi connectivity index (χ0n) is 17.6. The number of aliphatic hydroxyl groups excluding tert-OH is 1. The highest BCUT2D eigenvalue weighted by atomic mass is 19.4. The van der Waals surface area contributed by atoms with Crippen molar-refractivity contribution in [3.8, 4) is 0 Å². The summed E-state index contributed by atoms with van der Waals surface area (Å²) >= 11 is 0. The lowest BCUT2D eigenvalue weighted by atomic mass is 9.92. The Morgan fingerprint density at radius 1 is 1.16 bits per heavy atom. The van der Waals surface area contributed by atoms with Crippen molar-refractivity contribution in [2.24, 2.45) is 0 Å². The van der Waals surface area contributed by atoms with Crippen LogP contribution in [0.5, 0.6) is 0 Å². The van der Waals surface area contributed by atoms with Gasteiger partial charge in [0, 0.05) is 45.1 Å². The zero-order chi connectivity index (χ0) is 22.4. The average molecular weight is 442 g/mol. The summed E-state index contributed by atoms with van der Waals surface area (Å²) in [6.07, 6.45) is -1.75. The second-order valence-corrected chi connectivity index (χ2v) is 7.94. The number of carbonyl (C=O) groups excluding carboxylic acids is 1. The minimum Gasteiger partial charge on any atom is -0.459 e. The van der Waals surface area contributed by atoms with E-state index in [4.69, 9.17) is 14.6 Å². The van der Waals surface area contributed by atoms with Gasteiger partial charge in [0.05, 0.1) is 12.2 Å². The Kier molecular flexibility index (Phi) is 7.96. The van der Waals surface area contributed by atoms with Crippen LogP contribution >= 0.6 is 0 Å². The monoisotopic (exact) mass is 442 g/mol. The first kappa shape index (κ1) is 23.6. The van der Waals surface area contributed by atoms with Gasteiger partial charge in [0.1, 0.15) is 0 Å². The number of unbranched alkanes of at least 4 members (excludes halogenated alkanes) is 1. The van der Waals surface area contributed by atoms with Gasteiger partial charge in [0.2, 0.25) is 6.29 Å². The molecule has 172 valence electrons. The molecule has 2 aliphatic rings. The molecule has 2 aliphatic heterocycles. The summed E-state index contributed by atoms with van der Waals surface area (Å²) < 4.78 is 50.3. The molecule has 2 atom stereocenters. The molecule has 0 unspecified atom stereocenters. The molecule has 1 fully saturated rings. The van der Waals surface area contributed by atoms with Crippen molar-refractivity contribution in [2.45, 2.75) is 37.6 Å². The van der Waals surface area contributed by atoms with E-state index < -0.39 is 18.0 Å². The molecule has 1 amide bonds. The van der Waals surface area contributed by atoms with Crippen molar-refractivity contribution in [3.63, 3.8) is 0 Å². The Morgan fingerprint density at radius 3 is 2.45 bits per heavy atom. The number of carbonyl (C=O) groups is 1. The maximum Gasteiger partial charge on any atom is 0.416 e. The topological polar surface area (TPSA) is 62.2 Å². The molecule has 1 aromatic rings. The van der Waals surface area contributed by atoms with Gasteiger partial charge in [-0.25, -0.2) is 0 Å². The van der Waals surface area contributed by atoms with Crippen molar-refractivity contribution in [1.82, 2.24) is 9.80 Å². The Balaban J connectivity index is 1.76. The molecule has 6 nitrogen and oxygen atoms in total. The van der Waals surface area contributed by atoms with Crippen LogP contribution in [0.1, 0.15) is 36.3 Å². The fraction of sp³-hybridized carbons (Fsp3) is 0.591. The van der Waals surface area contributed by atoms with E-state index in [0.717, 1.165) is 25.2 Å². The maximum atomic E-state index is 13.0. The minimum absolute atomic E-state index is 0.0656. The van der Waals surface area contributed by atoms with Gasteiger partial charge in [-0.2, -0.15) is 13.2 Å². The lowest BCUT2D eigenvalue weighted by Gasteiger charge is -2.35. The summed E-state index contributed by atoms with van der Waals surface area (Å²) in [5.41, 5.74) is -0.0400. The fourth-order valence-electron chi connectivity index (χ4n) is 3.66. The molecule has 0 saturated carbocycles. The lowest BCUT2D eigenvalue weighted by Crippen LogP contribution is -2.48. The number of amides is 1. The largest absolute Gasteiger partial charge is 0.459 e. The van der Waals surface area contributed by atoms with Crippen LogP contribution in [0, 0.1) is 0 Å². The summed E-state index contributed by atoms with van der Waals surface area (Å²) in [6.45, 7) is 3.13. The van der Waals surface area contributed by atoms with Gasteiger partial charge in [0.25, 0.3) is 5.91 Å². The van der Waals surface area contributed by atoms with Crippen molar-refractivity contribution in [3.05, 3.63) is 47.2 Å². The summed E-state index contributed by atoms with van der Waals surface area (Å²) in [5.74, 6) is -0.355. The van der Waals surface area contributed by atoms with Gasteiger partial charge >= 0.3 is 6.18 Å². The fourth-order valence-corrected chi connectivity index (χ4v) is 3.66. The second-order valence-electron chi connectivity index (χ2n) is 7.94. The first-order valence-electron chi connectivity index (χ1n) is 10.5. The minimum atomic E-state index is -4.40. The van der Waals surface area contributed by atoms with E-state index in [1.807, 2.05) is 7.05 Å². The Morgan fingerprint density at radius 2 is 1.84 bits per heavy atom. The molecule has 0 radical (unpaired) electrons. The molecule has 1 saturated heterocycles. The van der Waals surface area contributed by atoms with Gasteiger partial charge in [0.15, 0.2) is 5.76 Å².